The molecule has 0 aromatic carbocycles. The summed E-state index contributed by atoms with van der Waals surface area (Å²) in [7, 11) is 3.88. The molecule has 1 saturated heterocycles. The average Bonchev–Trinajstić information content (AvgIpc) is 3.11. The second-order valence-corrected chi connectivity index (χ2v) is 8.81. The Morgan fingerprint density at radius 3 is 2.65 bits per heavy atom. The largest absolute Gasteiger partial charge is 0.377 e. The third-order valence-corrected chi connectivity index (χ3v) is 6.07. The third kappa shape index (κ3) is 7.54. The van der Waals surface area contributed by atoms with E-state index >= 15 is 0 Å². The first kappa shape index (κ1) is 26.3. The zero-order chi connectivity index (χ0) is 21.5. The van der Waals surface area contributed by atoms with Gasteiger partial charge in [-0.3, -0.25) is 9.89 Å². The molecule has 10 heteroatoms. The minimum Gasteiger partial charge on any atom is -0.377 e. The smallest absolute Gasteiger partial charge is 0.191 e. The summed E-state index contributed by atoms with van der Waals surface area (Å²) in [5.74, 6) is 3.30. The van der Waals surface area contributed by atoms with Crippen LogP contribution in [-0.4, -0.2) is 96.0 Å². The first-order valence-electron chi connectivity index (χ1n) is 11.4. The Hall–Kier alpha value is -0.980. The van der Waals surface area contributed by atoms with Gasteiger partial charge in [0, 0.05) is 58.3 Å². The van der Waals surface area contributed by atoms with Gasteiger partial charge in [0.1, 0.15) is 12.4 Å². The normalized spacial score (nSPS) is 21.5. The molecule has 0 aliphatic carbocycles. The van der Waals surface area contributed by atoms with E-state index in [9.17, 15) is 0 Å². The lowest BCUT2D eigenvalue weighted by molar-refractivity contribution is 0.0925. The molecule has 31 heavy (non-hydrogen) atoms. The predicted molar refractivity (Wildman–Crippen MR) is 135 cm³/mol. The molecule has 0 saturated carbocycles. The van der Waals surface area contributed by atoms with Gasteiger partial charge >= 0.3 is 0 Å². The molecule has 0 radical (unpaired) electrons. The Morgan fingerprint density at radius 1 is 1.26 bits per heavy atom. The Labute approximate surface area is 204 Å². The van der Waals surface area contributed by atoms with E-state index in [1.807, 2.05) is 4.68 Å². The van der Waals surface area contributed by atoms with Crippen molar-refractivity contribution in [1.29, 1.82) is 0 Å². The zero-order valence-electron chi connectivity index (χ0n) is 19.8. The summed E-state index contributed by atoms with van der Waals surface area (Å²) in [5, 5.41) is 11.6. The van der Waals surface area contributed by atoms with Gasteiger partial charge in [0.15, 0.2) is 11.8 Å². The number of rotatable bonds is 8. The maximum atomic E-state index is 5.17. The lowest BCUT2D eigenvalue weighted by Crippen LogP contribution is -2.52. The van der Waals surface area contributed by atoms with Crippen LogP contribution in [0.15, 0.2) is 4.99 Å². The lowest BCUT2D eigenvalue weighted by Gasteiger charge is -2.39. The van der Waals surface area contributed by atoms with Crippen molar-refractivity contribution < 1.29 is 4.74 Å². The number of halogens is 1. The molecule has 0 spiro atoms. The highest BCUT2D eigenvalue weighted by Crippen LogP contribution is 2.15. The average molecular weight is 549 g/mol. The highest BCUT2D eigenvalue weighted by atomic mass is 127. The van der Waals surface area contributed by atoms with Gasteiger partial charge < -0.3 is 20.3 Å². The fourth-order valence-corrected chi connectivity index (χ4v) is 4.27. The summed E-state index contributed by atoms with van der Waals surface area (Å²) < 4.78 is 7.18. The fourth-order valence-electron chi connectivity index (χ4n) is 4.27. The number of aryl methyl sites for hydroxylation is 1. The Kier molecular flexibility index (Phi) is 10.9. The minimum absolute atomic E-state index is 0. The Bertz CT molecular complexity index is 687. The second-order valence-electron chi connectivity index (χ2n) is 8.81. The van der Waals surface area contributed by atoms with Crippen molar-refractivity contribution in [2.24, 2.45) is 10.9 Å². The zero-order valence-corrected chi connectivity index (χ0v) is 22.1. The number of nitrogens with zero attached hydrogens (tertiary/aromatic N) is 6. The first-order chi connectivity index (χ1) is 14.5. The quantitative estimate of drug-likeness (QED) is 0.287. The molecule has 2 aliphatic rings. The maximum Gasteiger partial charge on any atom is 0.191 e. The van der Waals surface area contributed by atoms with Crippen LogP contribution in [0.5, 0.6) is 0 Å². The Balaban J connectivity index is 0.00000341. The Morgan fingerprint density at radius 2 is 2.00 bits per heavy atom. The molecule has 3 rings (SSSR count). The summed E-state index contributed by atoms with van der Waals surface area (Å²) in [6.07, 6.45) is 1.95. The molecular weight excluding hydrogens is 507 g/mol. The number of ether oxygens (including phenoxy) is 1. The van der Waals surface area contributed by atoms with Gasteiger partial charge in [-0.1, -0.05) is 13.8 Å². The number of nitrogens with one attached hydrogen (secondary N) is 2. The van der Waals surface area contributed by atoms with Crippen molar-refractivity contribution in [2.45, 2.75) is 58.8 Å². The van der Waals surface area contributed by atoms with Gasteiger partial charge in [0.2, 0.25) is 0 Å². The molecule has 178 valence electrons. The van der Waals surface area contributed by atoms with Crippen LogP contribution >= 0.6 is 24.0 Å². The highest BCUT2D eigenvalue weighted by Gasteiger charge is 2.26. The maximum absolute atomic E-state index is 5.17. The molecule has 2 atom stereocenters. The lowest BCUT2D eigenvalue weighted by atomic mass is 10.0. The van der Waals surface area contributed by atoms with Gasteiger partial charge in [-0.05, 0) is 26.3 Å². The van der Waals surface area contributed by atoms with Crippen molar-refractivity contribution in [3.05, 3.63) is 11.6 Å². The molecule has 2 aliphatic heterocycles. The van der Waals surface area contributed by atoms with Crippen molar-refractivity contribution >= 4 is 29.9 Å². The highest BCUT2D eigenvalue weighted by molar-refractivity contribution is 14.0. The number of likely N-dealkylation sites (N-methyl/N-ethyl adjacent to an activating group) is 1. The van der Waals surface area contributed by atoms with Crippen molar-refractivity contribution in [1.82, 2.24) is 35.2 Å². The first-order valence-corrected chi connectivity index (χ1v) is 11.4. The van der Waals surface area contributed by atoms with Crippen LogP contribution in [-0.2, 0) is 24.3 Å². The summed E-state index contributed by atoms with van der Waals surface area (Å²) in [4.78, 5) is 14.6. The number of aromatic nitrogens is 3. The van der Waals surface area contributed by atoms with E-state index in [1.165, 1.54) is 0 Å². The van der Waals surface area contributed by atoms with Crippen LogP contribution in [0.25, 0.3) is 0 Å². The molecule has 1 fully saturated rings. The molecule has 2 unspecified atom stereocenters. The minimum atomic E-state index is 0. The van der Waals surface area contributed by atoms with Gasteiger partial charge in [-0.15, -0.1) is 24.0 Å². The van der Waals surface area contributed by atoms with Crippen LogP contribution in [0.1, 0.15) is 38.8 Å². The number of methoxy groups -OCH3 is 1. The summed E-state index contributed by atoms with van der Waals surface area (Å²) in [6.45, 7) is 14.2. The van der Waals surface area contributed by atoms with Gasteiger partial charge in [0.25, 0.3) is 0 Å². The van der Waals surface area contributed by atoms with Crippen LogP contribution in [0.4, 0.5) is 0 Å². The van der Waals surface area contributed by atoms with Crippen molar-refractivity contribution in [3.8, 4) is 0 Å². The molecule has 1 aromatic heterocycles. The van der Waals surface area contributed by atoms with E-state index in [0.717, 1.165) is 76.3 Å². The van der Waals surface area contributed by atoms with Crippen LogP contribution in [0.3, 0.4) is 0 Å². The van der Waals surface area contributed by atoms with E-state index in [4.69, 9.17) is 9.73 Å². The molecular formula is C21H41IN8O. The number of guanidine groups is 1. The predicted octanol–water partition coefficient (Wildman–Crippen LogP) is 1.18. The van der Waals surface area contributed by atoms with Crippen LogP contribution in [0, 0.1) is 5.92 Å². The molecule has 3 heterocycles. The summed E-state index contributed by atoms with van der Waals surface area (Å²) >= 11 is 0. The monoisotopic (exact) mass is 548 g/mol. The van der Waals surface area contributed by atoms with E-state index in [1.54, 1.807) is 7.11 Å². The molecule has 0 amide bonds. The number of aliphatic imine (C=N–C) groups is 1. The van der Waals surface area contributed by atoms with Crippen molar-refractivity contribution in [2.75, 3.05) is 53.4 Å². The van der Waals surface area contributed by atoms with Gasteiger partial charge in [-0.2, -0.15) is 5.10 Å². The third-order valence-electron chi connectivity index (χ3n) is 6.07. The van der Waals surface area contributed by atoms with Gasteiger partial charge in [-0.25, -0.2) is 9.67 Å². The number of piperazine rings is 1. The van der Waals surface area contributed by atoms with Crippen LogP contribution in [0.2, 0.25) is 0 Å². The summed E-state index contributed by atoms with van der Waals surface area (Å²) in [6, 6.07) is 0.771. The fraction of sp³-hybridized carbons (Fsp3) is 0.857. The number of hydrogen-bond acceptors (Lipinski definition) is 6. The molecule has 9 nitrogen and oxygen atoms in total. The number of hydrogen-bond donors (Lipinski definition) is 2. The molecule has 0 bridgehead atoms. The van der Waals surface area contributed by atoms with E-state index < -0.39 is 0 Å². The topological polar surface area (TPSA) is 82.8 Å². The molecule has 1 aromatic rings. The van der Waals surface area contributed by atoms with Crippen LogP contribution < -0.4 is 10.6 Å². The van der Waals surface area contributed by atoms with E-state index in [2.05, 4.69) is 58.3 Å². The SMILES string of the molecule is CCNC(=NCC(C(C)C)N1CCN(C)CC1)NC1CCc2nc(COC)nn2C1.I. The van der Waals surface area contributed by atoms with Crippen molar-refractivity contribution in [3.63, 3.8) is 0 Å². The summed E-state index contributed by atoms with van der Waals surface area (Å²) in [5.41, 5.74) is 0. The van der Waals surface area contributed by atoms with E-state index in [0.29, 0.717) is 24.6 Å². The van der Waals surface area contributed by atoms with Gasteiger partial charge in [0.05, 0.1) is 13.1 Å². The second kappa shape index (κ2) is 12.9. The van der Waals surface area contributed by atoms with E-state index in [-0.39, 0.29) is 24.0 Å². The standard InChI is InChI=1S/C21H40N8O.HI/c1-6-22-21(23-13-18(16(2)3)28-11-9-27(4)10-12-28)24-17-7-8-20-25-19(15-30-5)26-29(20)14-17;/h16-18H,6-15H2,1-5H3,(H2,22,23,24);1H. The molecule has 2 N–H and O–H groups in total. The number of fused-ring (bicyclic) bond motifs is 1.